The number of sulfone groups is 1. The van der Waals surface area contributed by atoms with Crippen LogP contribution in [0.2, 0.25) is 5.02 Å². The summed E-state index contributed by atoms with van der Waals surface area (Å²) in [5.41, 5.74) is 5.46. The molecule has 0 heterocycles. The normalized spacial score (nSPS) is 24.3. The van der Waals surface area contributed by atoms with Crippen molar-refractivity contribution in [2.24, 2.45) is 0 Å². The van der Waals surface area contributed by atoms with Gasteiger partial charge in [-0.05, 0) is 31.4 Å². The molecular formula is C11H14ClNO4S. The maximum absolute atomic E-state index is 12.4. The van der Waals surface area contributed by atoms with Crippen LogP contribution in [0.25, 0.3) is 0 Å². The maximum Gasteiger partial charge on any atom is 0.186 e. The summed E-state index contributed by atoms with van der Waals surface area (Å²) < 4.78 is 24.7. The van der Waals surface area contributed by atoms with E-state index < -0.39 is 26.9 Å². The summed E-state index contributed by atoms with van der Waals surface area (Å²) >= 11 is 5.84. The minimum Gasteiger partial charge on any atom is -0.504 e. The van der Waals surface area contributed by atoms with Crippen molar-refractivity contribution < 1.29 is 18.6 Å². The van der Waals surface area contributed by atoms with Crippen LogP contribution >= 0.6 is 11.6 Å². The molecule has 5 nitrogen and oxygen atoms in total. The second-order valence-electron chi connectivity index (χ2n) is 4.45. The summed E-state index contributed by atoms with van der Waals surface area (Å²) in [5.74, 6) is -0.510. The van der Waals surface area contributed by atoms with Crippen LogP contribution in [0.15, 0.2) is 17.0 Å². The summed E-state index contributed by atoms with van der Waals surface area (Å²) in [4.78, 5) is -0.330. The average Bonchev–Trinajstić information content (AvgIpc) is 2.71. The van der Waals surface area contributed by atoms with Crippen LogP contribution in [0.1, 0.15) is 19.3 Å². The number of benzene rings is 1. The Labute approximate surface area is 110 Å². The molecule has 2 rings (SSSR count). The predicted molar refractivity (Wildman–Crippen MR) is 68.4 cm³/mol. The standard InChI is InChI=1S/C11H14ClNO4S/c12-8-3-4-9(13)10(15)11(8)18(16,17)7-2-1-6(14)5-7/h3-4,6-7,14-15H,1-2,5,13H2/t6-,7-/m0/s1. The third-order valence-electron chi connectivity index (χ3n) is 3.19. The van der Waals surface area contributed by atoms with Gasteiger partial charge in [0.05, 0.1) is 22.1 Å². The minimum absolute atomic E-state index is 0.0310. The number of phenols is 1. The van der Waals surface area contributed by atoms with Gasteiger partial charge in [0.15, 0.2) is 15.6 Å². The third kappa shape index (κ3) is 2.15. The number of phenolic OH excluding ortho intramolecular Hbond substituents is 1. The van der Waals surface area contributed by atoms with Gasteiger partial charge in [-0.15, -0.1) is 0 Å². The van der Waals surface area contributed by atoms with Crippen molar-refractivity contribution in [1.29, 1.82) is 0 Å². The zero-order chi connectivity index (χ0) is 13.5. The Kier molecular flexibility index (Phi) is 3.44. The molecule has 4 N–H and O–H groups in total. The van der Waals surface area contributed by atoms with Gasteiger partial charge in [0.25, 0.3) is 0 Å². The van der Waals surface area contributed by atoms with Crippen molar-refractivity contribution in [3.8, 4) is 5.75 Å². The minimum atomic E-state index is -3.78. The van der Waals surface area contributed by atoms with Crippen molar-refractivity contribution in [2.75, 3.05) is 5.73 Å². The quantitative estimate of drug-likeness (QED) is 0.563. The lowest BCUT2D eigenvalue weighted by Gasteiger charge is -2.15. The number of nitrogen functional groups attached to an aromatic ring is 1. The van der Waals surface area contributed by atoms with Crippen molar-refractivity contribution >= 4 is 27.1 Å². The van der Waals surface area contributed by atoms with Crippen LogP contribution < -0.4 is 5.73 Å². The molecule has 0 unspecified atom stereocenters. The van der Waals surface area contributed by atoms with E-state index in [1.165, 1.54) is 12.1 Å². The van der Waals surface area contributed by atoms with E-state index >= 15 is 0 Å². The number of halogens is 1. The fraction of sp³-hybridized carbons (Fsp3) is 0.455. The number of nitrogens with two attached hydrogens (primary N) is 1. The van der Waals surface area contributed by atoms with Gasteiger partial charge in [0.2, 0.25) is 0 Å². The maximum atomic E-state index is 12.4. The van der Waals surface area contributed by atoms with E-state index in [0.717, 1.165) is 0 Å². The molecule has 0 amide bonds. The van der Waals surface area contributed by atoms with Gasteiger partial charge in [-0.1, -0.05) is 11.6 Å². The second kappa shape index (κ2) is 4.60. The Balaban J connectivity index is 2.51. The van der Waals surface area contributed by atoms with Gasteiger partial charge < -0.3 is 15.9 Å². The lowest BCUT2D eigenvalue weighted by Crippen LogP contribution is -2.20. The number of hydrogen-bond acceptors (Lipinski definition) is 5. The third-order valence-corrected chi connectivity index (χ3v) is 5.91. The first-order chi connectivity index (χ1) is 8.34. The lowest BCUT2D eigenvalue weighted by molar-refractivity contribution is 0.183. The molecule has 0 radical (unpaired) electrons. The fourth-order valence-electron chi connectivity index (χ4n) is 2.20. The van der Waals surface area contributed by atoms with Crippen LogP contribution in [-0.2, 0) is 9.84 Å². The van der Waals surface area contributed by atoms with Crippen LogP contribution in [-0.4, -0.2) is 30.0 Å². The largest absolute Gasteiger partial charge is 0.504 e. The number of hydrogen-bond donors (Lipinski definition) is 3. The second-order valence-corrected chi connectivity index (χ2v) is 7.02. The van der Waals surface area contributed by atoms with Crippen LogP contribution in [0.4, 0.5) is 5.69 Å². The molecule has 0 spiro atoms. The molecule has 18 heavy (non-hydrogen) atoms. The molecule has 1 aromatic carbocycles. The number of rotatable bonds is 2. The predicted octanol–water partition coefficient (Wildman–Crippen LogP) is 1.31. The highest BCUT2D eigenvalue weighted by Crippen LogP contribution is 2.40. The molecule has 0 bridgehead atoms. The molecule has 1 aromatic rings. The summed E-state index contributed by atoms with van der Waals surface area (Å²) in [7, 11) is -3.78. The average molecular weight is 292 g/mol. The van der Waals surface area contributed by atoms with Gasteiger partial charge in [-0.2, -0.15) is 0 Å². The molecule has 1 aliphatic rings. The topological polar surface area (TPSA) is 101 Å². The Hall–Kier alpha value is -0.980. The van der Waals surface area contributed by atoms with E-state index in [1.807, 2.05) is 0 Å². The van der Waals surface area contributed by atoms with E-state index in [9.17, 15) is 18.6 Å². The molecule has 1 fully saturated rings. The van der Waals surface area contributed by atoms with Crippen molar-refractivity contribution in [3.05, 3.63) is 17.2 Å². The first kappa shape index (κ1) is 13.5. The van der Waals surface area contributed by atoms with E-state index in [1.54, 1.807) is 0 Å². The van der Waals surface area contributed by atoms with Crippen molar-refractivity contribution in [3.63, 3.8) is 0 Å². The van der Waals surface area contributed by atoms with Crippen LogP contribution in [0.5, 0.6) is 5.75 Å². The molecule has 1 saturated carbocycles. The summed E-state index contributed by atoms with van der Waals surface area (Å²) in [6.07, 6.45) is 0.331. The van der Waals surface area contributed by atoms with Gasteiger partial charge in [-0.25, -0.2) is 8.42 Å². The van der Waals surface area contributed by atoms with Gasteiger partial charge in [-0.3, -0.25) is 0 Å². The highest BCUT2D eigenvalue weighted by atomic mass is 35.5. The molecule has 7 heteroatoms. The number of aromatic hydroxyl groups is 1. The van der Waals surface area contributed by atoms with E-state index in [-0.39, 0.29) is 22.0 Å². The SMILES string of the molecule is Nc1ccc(Cl)c(S(=O)(=O)[C@H]2CC[C@H](O)C2)c1O. The molecule has 1 aliphatic carbocycles. The van der Waals surface area contributed by atoms with Crippen molar-refractivity contribution in [1.82, 2.24) is 0 Å². The van der Waals surface area contributed by atoms with Gasteiger partial charge in [0, 0.05) is 0 Å². The van der Waals surface area contributed by atoms with Gasteiger partial charge >= 0.3 is 0 Å². The smallest absolute Gasteiger partial charge is 0.186 e. The molecule has 100 valence electrons. The van der Waals surface area contributed by atoms with E-state index in [0.29, 0.717) is 12.8 Å². The summed E-state index contributed by atoms with van der Waals surface area (Å²) in [6, 6.07) is 2.69. The van der Waals surface area contributed by atoms with E-state index in [4.69, 9.17) is 17.3 Å². The highest BCUT2D eigenvalue weighted by molar-refractivity contribution is 7.92. The zero-order valence-electron chi connectivity index (χ0n) is 9.51. The lowest BCUT2D eigenvalue weighted by atomic mass is 10.3. The van der Waals surface area contributed by atoms with Gasteiger partial charge in [0.1, 0.15) is 4.90 Å². The highest BCUT2D eigenvalue weighted by Gasteiger charge is 2.37. The summed E-state index contributed by atoms with van der Waals surface area (Å²) in [6.45, 7) is 0. The zero-order valence-corrected chi connectivity index (χ0v) is 11.1. The molecule has 0 saturated heterocycles. The first-order valence-corrected chi connectivity index (χ1v) is 7.45. The Morgan fingerprint density at radius 2 is 2.00 bits per heavy atom. The summed E-state index contributed by atoms with van der Waals surface area (Å²) in [5, 5.41) is 18.4. The first-order valence-electron chi connectivity index (χ1n) is 5.53. The Bertz CT molecular complexity index is 573. The molecule has 0 aromatic heterocycles. The van der Waals surface area contributed by atoms with Crippen LogP contribution in [0, 0.1) is 0 Å². The number of anilines is 1. The molecular weight excluding hydrogens is 278 g/mol. The Morgan fingerprint density at radius 1 is 1.33 bits per heavy atom. The number of aliphatic hydroxyl groups is 1. The fourth-order valence-corrected chi connectivity index (χ4v) is 4.66. The monoisotopic (exact) mass is 291 g/mol. The van der Waals surface area contributed by atoms with Crippen LogP contribution in [0.3, 0.4) is 0 Å². The van der Waals surface area contributed by atoms with Crippen molar-refractivity contribution in [2.45, 2.75) is 35.5 Å². The van der Waals surface area contributed by atoms with E-state index in [2.05, 4.69) is 0 Å². The molecule has 2 atom stereocenters. The molecule has 0 aliphatic heterocycles. The Morgan fingerprint density at radius 3 is 2.56 bits per heavy atom. The number of aliphatic hydroxyl groups excluding tert-OH is 1.